The minimum atomic E-state index is -2.64. The molecule has 4 heteroatoms. The van der Waals surface area contributed by atoms with Crippen LogP contribution >= 0.6 is 0 Å². The van der Waals surface area contributed by atoms with Crippen LogP contribution < -0.4 is 10.1 Å². The summed E-state index contributed by atoms with van der Waals surface area (Å²) in [6.45, 7) is 0.100. The molecule has 0 radical (unpaired) electrons. The van der Waals surface area contributed by atoms with Gasteiger partial charge in [-0.25, -0.2) is 8.78 Å². The van der Waals surface area contributed by atoms with E-state index < -0.39 is 11.8 Å². The van der Waals surface area contributed by atoms with Crippen LogP contribution in [0, 0.1) is 0 Å². The Hall–Kier alpha value is -1.16. The molecule has 0 aliphatic carbocycles. The third-order valence-corrected chi connectivity index (χ3v) is 2.74. The molecule has 0 spiro atoms. The molecule has 1 heterocycles. The van der Waals surface area contributed by atoms with E-state index in [2.05, 4.69) is 5.32 Å². The maximum absolute atomic E-state index is 13.4. The monoisotopic (exact) mass is 213 g/mol. The number of ether oxygens (including phenoxy) is 1. The first-order chi connectivity index (χ1) is 7.13. The Labute approximate surface area is 87.2 Å². The van der Waals surface area contributed by atoms with Gasteiger partial charge in [0.2, 0.25) is 0 Å². The van der Waals surface area contributed by atoms with Gasteiger partial charge in [-0.1, -0.05) is 12.1 Å². The Bertz CT molecular complexity index is 337. The molecular formula is C11H13F2NO. The van der Waals surface area contributed by atoms with E-state index >= 15 is 0 Å². The fraction of sp³-hybridized carbons (Fsp3) is 0.455. The number of methoxy groups -OCH3 is 1. The second-order valence-electron chi connectivity index (χ2n) is 3.72. The Morgan fingerprint density at radius 1 is 1.33 bits per heavy atom. The van der Waals surface area contributed by atoms with Crippen molar-refractivity contribution in [3.05, 3.63) is 29.8 Å². The van der Waals surface area contributed by atoms with Crippen molar-refractivity contribution in [2.75, 3.05) is 20.2 Å². The van der Waals surface area contributed by atoms with Gasteiger partial charge in [0.25, 0.3) is 5.92 Å². The number of nitrogens with one attached hydrogen (secondary N) is 1. The Morgan fingerprint density at radius 2 is 2.00 bits per heavy atom. The van der Waals surface area contributed by atoms with Crippen LogP contribution in [0.2, 0.25) is 0 Å². The largest absolute Gasteiger partial charge is 0.497 e. The average molecular weight is 213 g/mol. The molecule has 0 bridgehead atoms. The van der Waals surface area contributed by atoms with Gasteiger partial charge >= 0.3 is 0 Å². The third kappa shape index (κ3) is 1.95. The van der Waals surface area contributed by atoms with Gasteiger partial charge in [0.15, 0.2) is 0 Å². The number of hydrogen-bond acceptors (Lipinski definition) is 2. The lowest BCUT2D eigenvalue weighted by atomic mass is 9.95. The van der Waals surface area contributed by atoms with Gasteiger partial charge in [-0.05, 0) is 17.7 Å². The molecule has 15 heavy (non-hydrogen) atoms. The zero-order valence-corrected chi connectivity index (χ0v) is 8.47. The van der Waals surface area contributed by atoms with Crippen molar-refractivity contribution in [2.24, 2.45) is 0 Å². The standard InChI is InChI=1S/C11H13F2NO/c1-15-9-4-2-8(3-5-9)10-6-14-7-11(10,12)13/h2-5,10,14H,6-7H2,1H3. The van der Waals surface area contributed by atoms with Gasteiger partial charge in [-0.2, -0.15) is 0 Å². The first-order valence-electron chi connectivity index (χ1n) is 4.86. The number of rotatable bonds is 2. The number of halogens is 2. The van der Waals surface area contributed by atoms with Crippen LogP contribution in [0.1, 0.15) is 11.5 Å². The molecule has 2 nitrogen and oxygen atoms in total. The van der Waals surface area contributed by atoms with E-state index in [1.165, 1.54) is 0 Å². The van der Waals surface area contributed by atoms with Crippen molar-refractivity contribution in [3.8, 4) is 5.75 Å². The van der Waals surface area contributed by atoms with Gasteiger partial charge in [-0.3, -0.25) is 0 Å². The van der Waals surface area contributed by atoms with Gasteiger partial charge in [0, 0.05) is 6.54 Å². The fourth-order valence-electron chi connectivity index (χ4n) is 1.85. The number of alkyl halides is 2. The molecule has 1 unspecified atom stereocenters. The third-order valence-electron chi connectivity index (χ3n) is 2.74. The number of hydrogen-bond donors (Lipinski definition) is 1. The average Bonchev–Trinajstić information content (AvgIpc) is 2.58. The highest BCUT2D eigenvalue weighted by Crippen LogP contribution is 2.36. The molecule has 1 aromatic rings. The zero-order chi connectivity index (χ0) is 10.9. The van der Waals surface area contributed by atoms with Crippen LogP contribution in [0.3, 0.4) is 0 Å². The summed E-state index contributed by atoms with van der Waals surface area (Å²) in [5.74, 6) is -2.68. The van der Waals surface area contributed by atoms with E-state index in [1.54, 1.807) is 31.4 Å². The minimum absolute atomic E-state index is 0.232. The topological polar surface area (TPSA) is 21.3 Å². The van der Waals surface area contributed by atoms with Crippen LogP contribution in [0.5, 0.6) is 5.75 Å². The maximum Gasteiger partial charge on any atom is 0.268 e. The molecule has 1 atom stereocenters. The predicted octanol–water partition coefficient (Wildman–Crippen LogP) is 2.02. The van der Waals surface area contributed by atoms with Crippen molar-refractivity contribution in [1.82, 2.24) is 5.32 Å². The van der Waals surface area contributed by atoms with E-state index in [1.807, 2.05) is 0 Å². The summed E-state index contributed by atoms with van der Waals surface area (Å²) < 4.78 is 31.7. The molecule has 1 saturated heterocycles. The Morgan fingerprint density at radius 3 is 2.47 bits per heavy atom. The molecule has 0 aromatic heterocycles. The Balaban J connectivity index is 2.22. The minimum Gasteiger partial charge on any atom is -0.497 e. The van der Waals surface area contributed by atoms with Crippen LogP contribution in [-0.2, 0) is 0 Å². The highest BCUT2D eigenvalue weighted by molar-refractivity contribution is 5.31. The van der Waals surface area contributed by atoms with Crippen molar-refractivity contribution < 1.29 is 13.5 Å². The van der Waals surface area contributed by atoms with Crippen molar-refractivity contribution in [1.29, 1.82) is 0 Å². The smallest absolute Gasteiger partial charge is 0.268 e. The highest BCUT2D eigenvalue weighted by Gasteiger charge is 2.44. The lowest BCUT2D eigenvalue weighted by molar-refractivity contribution is 0.00576. The van der Waals surface area contributed by atoms with E-state index in [9.17, 15) is 8.78 Å². The molecule has 1 N–H and O–H groups in total. The molecule has 0 saturated carbocycles. The summed E-state index contributed by atoms with van der Waals surface area (Å²) in [6, 6.07) is 6.82. The van der Waals surface area contributed by atoms with Crippen LogP contribution in [0.25, 0.3) is 0 Å². The quantitative estimate of drug-likeness (QED) is 0.811. The van der Waals surface area contributed by atoms with Gasteiger partial charge < -0.3 is 10.1 Å². The summed E-state index contributed by atoms with van der Waals surface area (Å²) in [4.78, 5) is 0. The molecule has 1 aliphatic rings. The summed E-state index contributed by atoms with van der Waals surface area (Å²) in [7, 11) is 1.56. The van der Waals surface area contributed by atoms with Gasteiger partial charge in [0.05, 0.1) is 19.6 Å². The van der Waals surface area contributed by atoms with E-state index in [-0.39, 0.29) is 6.54 Å². The normalized spacial score (nSPS) is 24.1. The highest BCUT2D eigenvalue weighted by atomic mass is 19.3. The van der Waals surface area contributed by atoms with Crippen LogP contribution in [-0.4, -0.2) is 26.1 Å². The zero-order valence-electron chi connectivity index (χ0n) is 8.47. The second kappa shape index (κ2) is 3.77. The first kappa shape index (κ1) is 10.4. The van der Waals surface area contributed by atoms with E-state index in [0.717, 1.165) is 0 Å². The summed E-state index contributed by atoms with van der Waals surface area (Å²) in [5, 5.41) is 2.71. The molecule has 1 fully saturated rings. The molecule has 1 aliphatic heterocycles. The molecule has 0 amide bonds. The summed E-state index contributed by atoms with van der Waals surface area (Å²) in [6.07, 6.45) is 0. The van der Waals surface area contributed by atoms with E-state index in [0.29, 0.717) is 17.9 Å². The Kier molecular flexibility index (Phi) is 2.61. The van der Waals surface area contributed by atoms with Crippen LogP contribution in [0.15, 0.2) is 24.3 Å². The van der Waals surface area contributed by atoms with Crippen molar-refractivity contribution in [2.45, 2.75) is 11.8 Å². The van der Waals surface area contributed by atoms with E-state index in [4.69, 9.17) is 4.74 Å². The SMILES string of the molecule is COc1ccc(C2CNCC2(F)F)cc1. The number of benzene rings is 1. The summed E-state index contributed by atoms with van der Waals surface area (Å²) in [5.41, 5.74) is 0.658. The van der Waals surface area contributed by atoms with Crippen molar-refractivity contribution in [3.63, 3.8) is 0 Å². The molecule has 1 aromatic carbocycles. The summed E-state index contributed by atoms with van der Waals surface area (Å²) >= 11 is 0. The first-order valence-corrected chi connectivity index (χ1v) is 4.86. The lowest BCUT2D eigenvalue weighted by Crippen LogP contribution is -2.25. The molecule has 2 rings (SSSR count). The lowest BCUT2D eigenvalue weighted by Gasteiger charge is -2.18. The molecular weight excluding hydrogens is 200 g/mol. The second-order valence-corrected chi connectivity index (χ2v) is 3.72. The fourth-order valence-corrected chi connectivity index (χ4v) is 1.85. The predicted molar refractivity (Wildman–Crippen MR) is 53.6 cm³/mol. The molecule has 82 valence electrons. The van der Waals surface area contributed by atoms with Gasteiger partial charge in [0.1, 0.15) is 5.75 Å². The van der Waals surface area contributed by atoms with Gasteiger partial charge in [-0.15, -0.1) is 0 Å². The maximum atomic E-state index is 13.4. The van der Waals surface area contributed by atoms with Crippen molar-refractivity contribution >= 4 is 0 Å². The van der Waals surface area contributed by atoms with Crippen LogP contribution in [0.4, 0.5) is 8.78 Å².